The van der Waals surface area contributed by atoms with E-state index in [0.29, 0.717) is 11.3 Å². The van der Waals surface area contributed by atoms with Crippen molar-refractivity contribution in [2.24, 2.45) is 0 Å². The number of aromatic amines is 1. The van der Waals surface area contributed by atoms with Crippen LogP contribution in [0.3, 0.4) is 0 Å². The summed E-state index contributed by atoms with van der Waals surface area (Å²) in [4.78, 5) is 25.5. The molecule has 2 N–H and O–H groups in total. The number of rotatable bonds is 4. The topological polar surface area (TPSA) is 93.9 Å². The van der Waals surface area contributed by atoms with Crippen molar-refractivity contribution in [3.05, 3.63) is 81.8 Å². The summed E-state index contributed by atoms with van der Waals surface area (Å²) in [5.74, 6) is -0.869. The van der Waals surface area contributed by atoms with Crippen molar-refractivity contribution in [1.29, 1.82) is 5.26 Å². The number of benzene rings is 2. The Hall–Kier alpha value is -3.65. The molecule has 0 spiro atoms. The number of nitrogens with zero attached hydrogens (tertiary/aromatic N) is 1. The molecule has 0 unspecified atom stereocenters. The monoisotopic (exact) mass is 344 g/mol. The SMILES string of the molecule is Cc1cc(-c2ccc(-c3cccc(CC(=O)O)c3)cc2)c(C#N)c(=O)[nH]1. The summed E-state index contributed by atoms with van der Waals surface area (Å²) in [6, 6.07) is 18.6. The molecule has 0 saturated heterocycles. The third kappa shape index (κ3) is 3.55. The van der Waals surface area contributed by atoms with Crippen LogP contribution in [0.25, 0.3) is 22.3 Å². The molecule has 0 amide bonds. The molecule has 0 radical (unpaired) electrons. The molecule has 0 bridgehead atoms. The van der Waals surface area contributed by atoms with E-state index in [4.69, 9.17) is 5.11 Å². The number of carboxylic acids is 1. The Labute approximate surface area is 150 Å². The van der Waals surface area contributed by atoms with Gasteiger partial charge in [-0.3, -0.25) is 9.59 Å². The molecule has 0 atom stereocenters. The number of aromatic nitrogens is 1. The molecule has 1 heterocycles. The molecule has 5 heteroatoms. The van der Waals surface area contributed by atoms with E-state index in [1.807, 2.05) is 48.5 Å². The van der Waals surface area contributed by atoms with E-state index in [0.717, 1.165) is 22.3 Å². The Bertz CT molecular complexity index is 1070. The summed E-state index contributed by atoms with van der Waals surface area (Å²) in [7, 11) is 0. The number of carboxylic acid groups (broad SMARTS) is 1. The molecular weight excluding hydrogens is 328 g/mol. The number of hydrogen-bond acceptors (Lipinski definition) is 3. The summed E-state index contributed by atoms with van der Waals surface area (Å²) >= 11 is 0. The first-order valence-electron chi connectivity index (χ1n) is 8.03. The Kier molecular flexibility index (Phi) is 4.68. The maximum Gasteiger partial charge on any atom is 0.307 e. The van der Waals surface area contributed by atoms with E-state index in [2.05, 4.69) is 4.98 Å². The minimum Gasteiger partial charge on any atom is -0.481 e. The summed E-state index contributed by atoms with van der Waals surface area (Å²) in [6.07, 6.45) is -0.0243. The Morgan fingerprint density at radius 1 is 1.08 bits per heavy atom. The van der Waals surface area contributed by atoms with E-state index in [1.165, 1.54) is 0 Å². The van der Waals surface area contributed by atoms with Gasteiger partial charge >= 0.3 is 5.97 Å². The van der Waals surface area contributed by atoms with Crippen molar-refractivity contribution in [3.8, 4) is 28.3 Å². The predicted molar refractivity (Wildman–Crippen MR) is 98.7 cm³/mol. The minimum absolute atomic E-state index is 0.0243. The number of aryl methyl sites for hydroxylation is 1. The summed E-state index contributed by atoms with van der Waals surface area (Å²) in [5, 5.41) is 18.2. The zero-order valence-electron chi connectivity index (χ0n) is 14.1. The molecule has 0 fully saturated rings. The van der Waals surface area contributed by atoms with Gasteiger partial charge in [-0.2, -0.15) is 5.26 Å². The van der Waals surface area contributed by atoms with Gasteiger partial charge in [-0.1, -0.05) is 48.5 Å². The van der Waals surface area contributed by atoms with Crippen LogP contribution in [-0.4, -0.2) is 16.1 Å². The van der Waals surface area contributed by atoms with Crippen molar-refractivity contribution in [2.45, 2.75) is 13.3 Å². The first-order chi connectivity index (χ1) is 12.5. The van der Waals surface area contributed by atoms with Crippen LogP contribution < -0.4 is 5.56 Å². The first kappa shape index (κ1) is 17.2. The molecule has 5 nitrogen and oxygen atoms in total. The molecule has 0 saturated carbocycles. The molecule has 1 aromatic heterocycles. The number of nitriles is 1. The fourth-order valence-corrected chi connectivity index (χ4v) is 2.91. The molecule has 128 valence electrons. The lowest BCUT2D eigenvalue weighted by molar-refractivity contribution is -0.136. The molecular formula is C21H16N2O3. The van der Waals surface area contributed by atoms with E-state index in [9.17, 15) is 14.9 Å². The van der Waals surface area contributed by atoms with Gasteiger partial charge in [0.1, 0.15) is 11.6 Å². The summed E-state index contributed by atoms with van der Waals surface area (Å²) in [6.45, 7) is 1.77. The second-order valence-electron chi connectivity index (χ2n) is 6.03. The highest BCUT2D eigenvalue weighted by Crippen LogP contribution is 2.27. The van der Waals surface area contributed by atoms with Gasteiger partial charge in [0.25, 0.3) is 5.56 Å². The van der Waals surface area contributed by atoms with Gasteiger partial charge in [0.2, 0.25) is 0 Å². The maximum atomic E-state index is 12.0. The van der Waals surface area contributed by atoms with Gasteiger partial charge in [0, 0.05) is 11.3 Å². The highest BCUT2D eigenvalue weighted by Gasteiger charge is 2.10. The molecule has 2 aromatic carbocycles. The van der Waals surface area contributed by atoms with Crippen molar-refractivity contribution >= 4 is 5.97 Å². The van der Waals surface area contributed by atoms with E-state index in [1.54, 1.807) is 19.1 Å². The molecule has 3 rings (SSSR count). The van der Waals surface area contributed by atoms with Gasteiger partial charge in [-0.15, -0.1) is 0 Å². The van der Waals surface area contributed by atoms with Gasteiger partial charge in [0.15, 0.2) is 0 Å². The van der Waals surface area contributed by atoms with Gasteiger partial charge in [-0.05, 0) is 35.2 Å². The lowest BCUT2D eigenvalue weighted by Crippen LogP contribution is -2.12. The minimum atomic E-state index is -0.869. The van der Waals surface area contributed by atoms with Crippen LogP contribution in [0.1, 0.15) is 16.8 Å². The fraction of sp³-hybridized carbons (Fsp3) is 0.0952. The quantitative estimate of drug-likeness (QED) is 0.757. The molecule has 26 heavy (non-hydrogen) atoms. The predicted octanol–water partition coefficient (Wildman–Crippen LogP) is 3.52. The Balaban J connectivity index is 1.99. The van der Waals surface area contributed by atoms with E-state index >= 15 is 0 Å². The second-order valence-corrected chi connectivity index (χ2v) is 6.03. The van der Waals surface area contributed by atoms with Gasteiger partial charge in [-0.25, -0.2) is 0 Å². The smallest absolute Gasteiger partial charge is 0.307 e. The largest absolute Gasteiger partial charge is 0.481 e. The van der Waals surface area contributed by atoms with Crippen LogP contribution in [-0.2, 0) is 11.2 Å². The van der Waals surface area contributed by atoms with Crippen LogP contribution >= 0.6 is 0 Å². The fourth-order valence-electron chi connectivity index (χ4n) is 2.91. The number of H-pyrrole nitrogens is 1. The van der Waals surface area contributed by atoms with Crippen molar-refractivity contribution < 1.29 is 9.90 Å². The lowest BCUT2D eigenvalue weighted by atomic mass is 9.97. The number of hydrogen-bond donors (Lipinski definition) is 2. The molecule has 0 aliphatic rings. The average Bonchev–Trinajstić information content (AvgIpc) is 2.61. The Morgan fingerprint density at radius 2 is 1.77 bits per heavy atom. The number of carbonyl (C=O) groups is 1. The second kappa shape index (κ2) is 7.08. The van der Waals surface area contributed by atoms with Crippen molar-refractivity contribution in [2.75, 3.05) is 0 Å². The maximum absolute atomic E-state index is 12.0. The molecule has 0 aliphatic heterocycles. The lowest BCUT2D eigenvalue weighted by Gasteiger charge is -2.08. The van der Waals surface area contributed by atoms with Crippen LogP contribution in [0, 0.1) is 18.3 Å². The van der Waals surface area contributed by atoms with Gasteiger partial charge < -0.3 is 10.1 Å². The zero-order chi connectivity index (χ0) is 18.7. The first-order valence-corrected chi connectivity index (χ1v) is 8.03. The third-order valence-corrected chi connectivity index (χ3v) is 4.09. The molecule has 0 aliphatic carbocycles. The highest BCUT2D eigenvalue weighted by molar-refractivity contribution is 5.75. The van der Waals surface area contributed by atoms with Gasteiger partial charge in [0.05, 0.1) is 6.42 Å². The number of pyridine rings is 1. The molecule has 3 aromatic rings. The number of aliphatic carboxylic acids is 1. The van der Waals surface area contributed by atoms with Crippen molar-refractivity contribution in [3.63, 3.8) is 0 Å². The van der Waals surface area contributed by atoms with Crippen LogP contribution in [0.4, 0.5) is 0 Å². The standard InChI is InChI=1S/C21H16N2O3/c1-13-9-18(19(12-22)21(26)23-13)16-7-5-15(6-8-16)17-4-2-3-14(10-17)11-20(24)25/h2-10H,11H2,1H3,(H,23,26)(H,24,25). The highest BCUT2D eigenvalue weighted by atomic mass is 16.4. The summed E-state index contributed by atoms with van der Waals surface area (Å²) < 4.78 is 0. The van der Waals surface area contributed by atoms with Crippen LogP contribution in [0.5, 0.6) is 0 Å². The number of nitrogens with one attached hydrogen (secondary N) is 1. The zero-order valence-corrected chi connectivity index (χ0v) is 14.1. The van der Waals surface area contributed by atoms with Crippen molar-refractivity contribution in [1.82, 2.24) is 4.98 Å². The average molecular weight is 344 g/mol. The summed E-state index contributed by atoms with van der Waals surface area (Å²) in [5.41, 5.74) is 4.34. The normalized spacial score (nSPS) is 10.3. The van der Waals surface area contributed by atoms with E-state index in [-0.39, 0.29) is 12.0 Å². The van der Waals surface area contributed by atoms with Crippen LogP contribution in [0.2, 0.25) is 0 Å². The van der Waals surface area contributed by atoms with E-state index < -0.39 is 11.5 Å². The van der Waals surface area contributed by atoms with Crippen LogP contribution in [0.15, 0.2) is 59.4 Å². The third-order valence-electron chi connectivity index (χ3n) is 4.09. The Morgan fingerprint density at radius 3 is 2.42 bits per heavy atom.